The van der Waals surface area contributed by atoms with Gasteiger partial charge in [-0.05, 0) is 46.9 Å². The highest BCUT2D eigenvalue weighted by molar-refractivity contribution is 5.27. The number of hydrogen-bond acceptors (Lipinski definition) is 6. The highest BCUT2D eigenvalue weighted by Gasteiger charge is 2.33. The largest absolute Gasteiger partial charge is 0.497 e. The van der Waals surface area contributed by atoms with Crippen LogP contribution in [0.4, 0.5) is 0 Å². The van der Waals surface area contributed by atoms with Gasteiger partial charge in [0.25, 0.3) is 0 Å². The fourth-order valence-corrected chi connectivity index (χ4v) is 4.97. The predicted molar refractivity (Wildman–Crippen MR) is 113 cm³/mol. The van der Waals surface area contributed by atoms with Crippen LogP contribution < -0.4 is 4.74 Å². The van der Waals surface area contributed by atoms with Crippen molar-refractivity contribution in [3.05, 3.63) is 35.7 Å². The van der Waals surface area contributed by atoms with Gasteiger partial charge in [-0.3, -0.25) is 9.80 Å². The summed E-state index contributed by atoms with van der Waals surface area (Å²) in [5, 5.41) is 12.8. The maximum Gasteiger partial charge on any atom is 0.169 e. The van der Waals surface area contributed by atoms with E-state index in [4.69, 9.17) is 4.74 Å². The van der Waals surface area contributed by atoms with E-state index < -0.39 is 0 Å². The number of nitrogens with zero attached hydrogens (tertiary/aromatic N) is 6. The summed E-state index contributed by atoms with van der Waals surface area (Å²) in [7, 11) is 1.69. The molecule has 0 amide bonds. The van der Waals surface area contributed by atoms with Gasteiger partial charge in [0.05, 0.1) is 19.7 Å². The molecule has 7 heteroatoms. The SMILES string of the molecule is COc1ccc(Cn2nnnc2C(C(C)C)N2CCN(C3CCCC3)CC2)cc1. The number of methoxy groups -OCH3 is 1. The number of tetrazole rings is 1. The zero-order chi connectivity index (χ0) is 20.2. The van der Waals surface area contributed by atoms with Crippen molar-refractivity contribution in [1.82, 2.24) is 30.0 Å². The third-order valence-electron chi connectivity index (χ3n) is 6.53. The van der Waals surface area contributed by atoms with Gasteiger partial charge in [-0.25, -0.2) is 4.68 Å². The Hall–Kier alpha value is -1.99. The van der Waals surface area contributed by atoms with Crippen molar-refractivity contribution in [2.45, 2.75) is 58.2 Å². The first kappa shape index (κ1) is 20.3. The van der Waals surface area contributed by atoms with Gasteiger partial charge >= 0.3 is 0 Å². The molecule has 1 aliphatic heterocycles. The first-order chi connectivity index (χ1) is 14.2. The van der Waals surface area contributed by atoms with Crippen molar-refractivity contribution in [2.75, 3.05) is 33.3 Å². The minimum atomic E-state index is 0.244. The summed E-state index contributed by atoms with van der Waals surface area (Å²) in [6.45, 7) is 9.74. The van der Waals surface area contributed by atoms with Crippen molar-refractivity contribution in [3.63, 3.8) is 0 Å². The van der Waals surface area contributed by atoms with E-state index in [1.807, 2.05) is 16.8 Å². The van der Waals surface area contributed by atoms with E-state index in [1.165, 1.54) is 31.2 Å². The molecule has 1 unspecified atom stereocenters. The minimum absolute atomic E-state index is 0.244. The van der Waals surface area contributed by atoms with Crippen LogP contribution in [0.15, 0.2) is 24.3 Å². The van der Waals surface area contributed by atoms with E-state index in [2.05, 4.69) is 51.3 Å². The van der Waals surface area contributed by atoms with Gasteiger partial charge in [-0.2, -0.15) is 0 Å². The van der Waals surface area contributed by atoms with Gasteiger partial charge in [-0.15, -0.1) is 5.10 Å². The Balaban J connectivity index is 1.46. The van der Waals surface area contributed by atoms with Crippen molar-refractivity contribution < 1.29 is 4.74 Å². The molecule has 1 aromatic heterocycles. The Morgan fingerprint density at radius 2 is 1.72 bits per heavy atom. The second-order valence-corrected chi connectivity index (χ2v) is 8.74. The number of ether oxygens (including phenoxy) is 1. The lowest BCUT2D eigenvalue weighted by atomic mass is 10.00. The van der Waals surface area contributed by atoms with Gasteiger partial charge in [-0.1, -0.05) is 38.8 Å². The minimum Gasteiger partial charge on any atom is -0.497 e. The number of hydrogen-bond donors (Lipinski definition) is 0. The summed E-state index contributed by atoms with van der Waals surface area (Å²) in [6, 6.07) is 9.19. The van der Waals surface area contributed by atoms with Crippen molar-refractivity contribution in [1.29, 1.82) is 0 Å². The molecule has 2 fully saturated rings. The summed E-state index contributed by atoms with van der Waals surface area (Å²) < 4.78 is 7.23. The Morgan fingerprint density at radius 1 is 1.03 bits per heavy atom. The molecule has 1 aromatic carbocycles. The van der Waals surface area contributed by atoms with Crippen LogP contribution in [0.5, 0.6) is 5.75 Å². The molecule has 1 aliphatic carbocycles. The van der Waals surface area contributed by atoms with Gasteiger partial charge in [0, 0.05) is 32.2 Å². The second-order valence-electron chi connectivity index (χ2n) is 8.74. The van der Waals surface area contributed by atoms with Crippen LogP contribution >= 0.6 is 0 Å². The highest BCUT2D eigenvalue weighted by Crippen LogP contribution is 2.30. The van der Waals surface area contributed by atoms with E-state index in [-0.39, 0.29) is 6.04 Å². The molecule has 1 atom stereocenters. The molecule has 0 radical (unpaired) electrons. The number of aromatic nitrogens is 4. The molecule has 0 spiro atoms. The highest BCUT2D eigenvalue weighted by atomic mass is 16.5. The average Bonchev–Trinajstić information content (AvgIpc) is 3.42. The van der Waals surface area contributed by atoms with Crippen molar-refractivity contribution in [3.8, 4) is 5.75 Å². The smallest absolute Gasteiger partial charge is 0.169 e. The van der Waals surface area contributed by atoms with E-state index >= 15 is 0 Å². The molecular weight excluding hydrogens is 364 g/mol. The molecule has 2 heterocycles. The van der Waals surface area contributed by atoms with Gasteiger partial charge in [0.15, 0.2) is 5.82 Å². The van der Waals surface area contributed by atoms with E-state index in [1.54, 1.807) is 7.11 Å². The van der Waals surface area contributed by atoms with Crippen LogP contribution in [0.1, 0.15) is 57.0 Å². The summed E-state index contributed by atoms with van der Waals surface area (Å²) in [4.78, 5) is 5.30. The Bertz CT molecular complexity index is 760. The lowest BCUT2D eigenvalue weighted by Gasteiger charge is -2.42. The zero-order valence-corrected chi connectivity index (χ0v) is 18.0. The van der Waals surface area contributed by atoms with Crippen LogP contribution in [-0.2, 0) is 6.54 Å². The summed E-state index contributed by atoms with van der Waals surface area (Å²) >= 11 is 0. The van der Waals surface area contributed by atoms with Crippen LogP contribution in [0, 0.1) is 5.92 Å². The predicted octanol–water partition coefficient (Wildman–Crippen LogP) is 2.99. The molecule has 1 saturated carbocycles. The van der Waals surface area contributed by atoms with Crippen LogP contribution in [0.2, 0.25) is 0 Å². The van der Waals surface area contributed by atoms with Crippen LogP contribution in [-0.4, -0.2) is 69.3 Å². The molecule has 0 N–H and O–H groups in total. The Labute approximate surface area is 174 Å². The molecule has 2 aliphatic rings. The van der Waals surface area contributed by atoms with Crippen LogP contribution in [0.3, 0.4) is 0 Å². The molecule has 7 nitrogen and oxygen atoms in total. The van der Waals surface area contributed by atoms with Gasteiger partial charge < -0.3 is 4.74 Å². The summed E-state index contributed by atoms with van der Waals surface area (Å²) in [5.41, 5.74) is 1.17. The third-order valence-corrected chi connectivity index (χ3v) is 6.53. The monoisotopic (exact) mass is 398 g/mol. The lowest BCUT2D eigenvalue weighted by Crippen LogP contribution is -2.51. The fraction of sp³-hybridized carbons (Fsp3) is 0.682. The van der Waals surface area contributed by atoms with E-state index in [0.29, 0.717) is 12.5 Å². The molecule has 4 rings (SSSR count). The summed E-state index contributed by atoms with van der Waals surface area (Å²) in [6.07, 6.45) is 5.57. The molecule has 1 saturated heterocycles. The van der Waals surface area contributed by atoms with E-state index in [9.17, 15) is 0 Å². The van der Waals surface area contributed by atoms with Crippen LogP contribution in [0.25, 0.3) is 0 Å². The Kier molecular flexibility index (Phi) is 6.45. The molecule has 29 heavy (non-hydrogen) atoms. The van der Waals surface area contributed by atoms with Gasteiger partial charge in [0.2, 0.25) is 0 Å². The average molecular weight is 399 g/mol. The topological polar surface area (TPSA) is 59.3 Å². The molecular formula is C22H34N6O. The molecule has 158 valence electrons. The first-order valence-electron chi connectivity index (χ1n) is 11.0. The third kappa shape index (κ3) is 4.61. The lowest BCUT2D eigenvalue weighted by molar-refractivity contribution is 0.0501. The fourth-order valence-electron chi connectivity index (χ4n) is 4.97. The Morgan fingerprint density at radius 3 is 2.34 bits per heavy atom. The quantitative estimate of drug-likeness (QED) is 0.715. The first-order valence-corrected chi connectivity index (χ1v) is 11.0. The number of benzene rings is 1. The number of piperazine rings is 1. The zero-order valence-electron chi connectivity index (χ0n) is 18.0. The standard InChI is InChI=1S/C22H34N6O/c1-17(2)21(27-14-12-26(13-15-27)19-6-4-5-7-19)22-23-24-25-28(22)16-18-8-10-20(29-3)11-9-18/h8-11,17,19,21H,4-7,12-16H2,1-3H3. The maximum atomic E-state index is 5.26. The maximum absolute atomic E-state index is 5.26. The molecule has 0 bridgehead atoms. The molecule has 2 aromatic rings. The van der Waals surface area contributed by atoms with Crippen molar-refractivity contribution in [2.24, 2.45) is 5.92 Å². The number of rotatable bonds is 7. The van der Waals surface area contributed by atoms with E-state index in [0.717, 1.165) is 43.8 Å². The second kappa shape index (κ2) is 9.22. The normalized spacial score (nSPS) is 20.4. The van der Waals surface area contributed by atoms with Crippen molar-refractivity contribution >= 4 is 0 Å². The summed E-state index contributed by atoms with van der Waals surface area (Å²) in [5.74, 6) is 2.30. The van der Waals surface area contributed by atoms with Gasteiger partial charge in [0.1, 0.15) is 5.75 Å².